The zero-order valence-corrected chi connectivity index (χ0v) is 8.37. The molecule has 0 fully saturated rings. The summed E-state index contributed by atoms with van der Waals surface area (Å²) in [5.41, 5.74) is 5.37. The second kappa shape index (κ2) is 6.16. The van der Waals surface area contributed by atoms with Gasteiger partial charge in [-0.3, -0.25) is 0 Å². The molecule has 0 saturated heterocycles. The molecular formula is C11H17NO2. The van der Waals surface area contributed by atoms with E-state index in [9.17, 15) is 4.79 Å². The highest BCUT2D eigenvalue weighted by molar-refractivity contribution is 5.81. The Morgan fingerprint density at radius 3 is 2.14 bits per heavy atom. The van der Waals surface area contributed by atoms with Crippen molar-refractivity contribution < 1.29 is 9.53 Å². The van der Waals surface area contributed by atoms with Gasteiger partial charge in [0.25, 0.3) is 0 Å². The average molecular weight is 195 g/mol. The van der Waals surface area contributed by atoms with Crippen molar-refractivity contribution in [2.45, 2.75) is 18.4 Å². The molecule has 0 heterocycles. The number of esters is 1. The Bertz CT molecular complexity index is 223. The first kappa shape index (κ1) is 12.7. The molecule has 0 spiro atoms. The van der Waals surface area contributed by atoms with Gasteiger partial charge >= 0.3 is 5.97 Å². The van der Waals surface area contributed by atoms with Gasteiger partial charge in [0, 0.05) is 6.08 Å². The number of hydrogen-bond donors (Lipinski definition) is 1. The second-order valence-electron chi connectivity index (χ2n) is 3.16. The number of nitrogens with two attached hydrogens (primary N) is 1. The minimum atomic E-state index is -0.595. The molecule has 14 heavy (non-hydrogen) atoms. The van der Waals surface area contributed by atoms with Crippen molar-refractivity contribution in [3.8, 4) is 0 Å². The van der Waals surface area contributed by atoms with E-state index in [2.05, 4.69) is 19.7 Å². The van der Waals surface area contributed by atoms with E-state index in [0.717, 1.165) is 6.08 Å². The predicted octanol–water partition coefficient (Wildman–Crippen LogP) is 1.57. The first-order valence-corrected chi connectivity index (χ1v) is 4.38. The second-order valence-corrected chi connectivity index (χ2v) is 3.16. The fourth-order valence-corrected chi connectivity index (χ4v) is 1.05. The van der Waals surface area contributed by atoms with Gasteiger partial charge in [0.05, 0.1) is 5.54 Å². The van der Waals surface area contributed by atoms with Crippen LogP contribution in [-0.4, -0.2) is 18.1 Å². The molecule has 0 amide bonds. The van der Waals surface area contributed by atoms with Gasteiger partial charge in [-0.1, -0.05) is 18.7 Å². The molecule has 3 nitrogen and oxygen atoms in total. The molecule has 0 radical (unpaired) electrons. The number of ether oxygens (including phenoxy) is 1. The van der Waals surface area contributed by atoms with E-state index in [0.29, 0.717) is 12.8 Å². The third-order valence-corrected chi connectivity index (χ3v) is 1.77. The van der Waals surface area contributed by atoms with Gasteiger partial charge in [-0.15, -0.1) is 13.2 Å². The molecule has 0 aliphatic carbocycles. The van der Waals surface area contributed by atoms with Gasteiger partial charge in [0.1, 0.15) is 6.61 Å². The van der Waals surface area contributed by atoms with Crippen LogP contribution in [0.3, 0.4) is 0 Å². The molecular weight excluding hydrogens is 178 g/mol. The van der Waals surface area contributed by atoms with Crippen molar-refractivity contribution in [3.63, 3.8) is 0 Å². The molecule has 0 aromatic heterocycles. The molecule has 3 heteroatoms. The normalized spacial score (nSPS) is 10.4. The lowest BCUT2D eigenvalue weighted by Gasteiger charge is -2.25. The third-order valence-electron chi connectivity index (χ3n) is 1.77. The maximum atomic E-state index is 10.8. The Labute approximate surface area is 84.9 Å². The van der Waals surface area contributed by atoms with Gasteiger partial charge in [-0.05, 0) is 12.8 Å². The van der Waals surface area contributed by atoms with Crippen molar-refractivity contribution in [1.29, 1.82) is 0 Å². The van der Waals surface area contributed by atoms with Crippen molar-refractivity contribution in [2.24, 2.45) is 5.73 Å². The molecule has 2 N–H and O–H groups in total. The highest BCUT2D eigenvalue weighted by Gasteiger charge is 2.23. The number of hydrogen-bond acceptors (Lipinski definition) is 3. The first-order chi connectivity index (χ1) is 6.58. The van der Waals surface area contributed by atoms with E-state index in [4.69, 9.17) is 10.5 Å². The van der Waals surface area contributed by atoms with E-state index in [1.807, 2.05) is 0 Å². The molecule has 0 aromatic rings. The summed E-state index contributed by atoms with van der Waals surface area (Å²) in [4.78, 5) is 10.8. The summed E-state index contributed by atoms with van der Waals surface area (Å²) in [5.74, 6) is -0.465. The molecule has 0 atom stereocenters. The molecule has 0 aromatic carbocycles. The highest BCUT2D eigenvalue weighted by Crippen LogP contribution is 2.13. The summed E-state index contributed by atoms with van der Waals surface area (Å²) in [6.45, 7) is 10.6. The number of carbonyl (C=O) groups excluding carboxylic acids is 1. The summed E-state index contributed by atoms with van der Waals surface area (Å²) in [7, 11) is 0. The lowest BCUT2D eigenvalue weighted by Crippen LogP contribution is -2.44. The standard InChI is InChI=1S/C11H17NO2/c1-4-7-11(12,8-5-2)9-14-10(13)6-3/h4-6H,1-3,7-9,12H2. The minimum Gasteiger partial charge on any atom is -0.461 e. The van der Waals surface area contributed by atoms with Crippen LogP contribution in [0.2, 0.25) is 0 Å². The van der Waals surface area contributed by atoms with E-state index < -0.39 is 11.5 Å². The van der Waals surface area contributed by atoms with Gasteiger partial charge < -0.3 is 10.5 Å². The van der Waals surface area contributed by atoms with Gasteiger partial charge in [-0.25, -0.2) is 4.79 Å². The Morgan fingerprint density at radius 1 is 1.29 bits per heavy atom. The van der Waals surface area contributed by atoms with Crippen molar-refractivity contribution >= 4 is 5.97 Å². The van der Waals surface area contributed by atoms with Crippen LogP contribution < -0.4 is 5.73 Å². The summed E-state index contributed by atoms with van der Waals surface area (Å²) >= 11 is 0. The monoisotopic (exact) mass is 195 g/mol. The molecule has 0 aliphatic rings. The van der Waals surface area contributed by atoms with Gasteiger partial charge in [0.15, 0.2) is 0 Å². The Balaban J connectivity index is 4.20. The van der Waals surface area contributed by atoms with E-state index in [-0.39, 0.29) is 6.61 Å². The van der Waals surface area contributed by atoms with Crippen LogP contribution in [0.5, 0.6) is 0 Å². The Hall–Kier alpha value is -1.35. The van der Waals surface area contributed by atoms with Crippen LogP contribution in [-0.2, 0) is 9.53 Å². The molecule has 0 saturated carbocycles. The van der Waals surface area contributed by atoms with Crippen molar-refractivity contribution in [3.05, 3.63) is 38.0 Å². The lowest BCUT2D eigenvalue weighted by atomic mass is 9.93. The maximum absolute atomic E-state index is 10.8. The van der Waals surface area contributed by atoms with Crippen LogP contribution in [0, 0.1) is 0 Å². The molecule has 0 rings (SSSR count). The quantitative estimate of drug-likeness (QED) is 0.381. The molecule has 78 valence electrons. The van der Waals surface area contributed by atoms with Gasteiger partial charge in [-0.2, -0.15) is 0 Å². The Morgan fingerprint density at radius 2 is 1.79 bits per heavy atom. The molecule has 0 aliphatic heterocycles. The third kappa shape index (κ3) is 4.62. The zero-order valence-electron chi connectivity index (χ0n) is 8.37. The van der Waals surface area contributed by atoms with Crippen LogP contribution in [0.1, 0.15) is 12.8 Å². The van der Waals surface area contributed by atoms with Crippen LogP contribution >= 0.6 is 0 Å². The fraction of sp³-hybridized carbons (Fsp3) is 0.364. The first-order valence-electron chi connectivity index (χ1n) is 4.38. The number of carbonyl (C=O) groups is 1. The molecule has 0 unspecified atom stereocenters. The smallest absolute Gasteiger partial charge is 0.330 e. The van der Waals surface area contributed by atoms with E-state index in [1.54, 1.807) is 12.2 Å². The minimum absolute atomic E-state index is 0.149. The van der Waals surface area contributed by atoms with Crippen LogP contribution in [0.15, 0.2) is 38.0 Å². The van der Waals surface area contributed by atoms with E-state index in [1.165, 1.54) is 0 Å². The number of rotatable bonds is 7. The predicted molar refractivity (Wildman–Crippen MR) is 57.7 cm³/mol. The molecule has 0 bridgehead atoms. The summed E-state index contributed by atoms with van der Waals surface area (Å²) < 4.78 is 4.88. The SMILES string of the molecule is C=CCC(N)(CC=C)COC(=O)C=C. The maximum Gasteiger partial charge on any atom is 0.330 e. The topological polar surface area (TPSA) is 52.3 Å². The van der Waals surface area contributed by atoms with Crippen molar-refractivity contribution in [1.82, 2.24) is 0 Å². The van der Waals surface area contributed by atoms with Crippen LogP contribution in [0.4, 0.5) is 0 Å². The van der Waals surface area contributed by atoms with Crippen LogP contribution in [0.25, 0.3) is 0 Å². The van der Waals surface area contributed by atoms with Gasteiger partial charge in [0.2, 0.25) is 0 Å². The fourth-order valence-electron chi connectivity index (χ4n) is 1.05. The van der Waals surface area contributed by atoms with E-state index >= 15 is 0 Å². The van der Waals surface area contributed by atoms with Crippen molar-refractivity contribution in [2.75, 3.05) is 6.61 Å². The summed E-state index contributed by atoms with van der Waals surface area (Å²) in [6, 6.07) is 0. The largest absolute Gasteiger partial charge is 0.461 e. The lowest BCUT2D eigenvalue weighted by molar-refractivity contribution is -0.139. The highest BCUT2D eigenvalue weighted by atomic mass is 16.5. The average Bonchev–Trinajstić information content (AvgIpc) is 2.15. The Kier molecular flexibility index (Phi) is 5.56. The summed E-state index contributed by atoms with van der Waals surface area (Å²) in [5, 5.41) is 0. The summed E-state index contributed by atoms with van der Waals surface area (Å²) in [6.07, 6.45) is 5.66. The zero-order chi connectivity index (χ0) is 11.0.